The van der Waals surface area contributed by atoms with Gasteiger partial charge in [-0.25, -0.2) is 4.68 Å². The molecule has 0 aliphatic carbocycles. The first-order chi connectivity index (χ1) is 12.9. The molecule has 0 saturated carbocycles. The van der Waals surface area contributed by atoms with Gasteiger partial charge in [-0.15, -0.1) is 0 Å². The fourth-order valence-electron chi connectivity index (χ4n) is 2.92. The molecule has 5 heteroatoms. The van der Waals surface area contributed by atoms with Crippen LogP contribution in [0.4, 0.5) is 5.69 Å². The topological polar surface area (TPSA) is 64.0 Å². The van der Waals surface area contributed by atoms with Gasteiger partial charge in [0, 0.05) is 17.3 Å². The van der Waals surface area contributed by atoms with Crippen LogP contribution in [0.15, 0.2) is 59.4 Å². The second-order valence-corrected chi connectivity index (χ2v) is 6.80. The maximum atomic E-state index is 12.7. The zero-order valence-electron chi connectivity index (χ0n) is 16.0. The third-order valence-corrected chi connectivity index (χ3v) is 4.64. The van der Waals surface area contributed by atoms with Crippen molar-refractivity contribution in [2.45, 2.75) is 33.7 Å². The molecule has 1 aromatic heterocycles. The third-order valence-electron chi connectivity index (χ3n) is 4.64. The van der Waals surface area contributed by atoms with Crippen molar-refractivity contribution in [3.05, 3.63) is 81.6 Å². The minimum atomic E-state index is -0.734. The number of carbonyl (C=O) groups excluding carboxylic acids is 1. The molecule has 3 rings (SSSR count). The smallest absolute Gasteiger partial charge is 0.267 e. The molecular formula is C22H23N3O2. The van der Waals surface area contributed by atoms with E-state index in [1.165, 1.54) is 10.7 Å². The number of hydrogen-bond donors (Lipinski definition) is 1. The molecular weight excluding hydrogens is 338 g/mol. The number of amides is 1. The van der Waals surface area contributed by atoms with Crippen molar-refractivity contribution in [1.82, 2.24) is 9.78 Å². The number of nitrogens with one attached hydrogen (secondary N) is 1. The molecule has 2 aromatic carbocycles. The zero-order chi connectivity index (χ0) is 19.6. The van der Waals surface area contributed by atoms with E-state index in [-0.39, 0.29) is 11.5 Å². The summed E-state index contributed by atoms with van der Waals surface area (Å²) in [6.45, 7) is 7.61. The van der Waals surface area contributed by atoms with Crippen molar-refractivity contribution in [3.8, 4) is 11.3 Å². The molecule has 0 saturated heterocycles. The van der Waals surface area contributed by atoms with Crippen LogP contribution in [0.5, 0.6) is 0 Å². The summed E-state index contributed by atoms with van der Waals surface area (Å²) < 4.78 is 1.24. The van der Waals surface area contributed by atoms with E-state index in [1.807, 2.05) is 63.2 Å². The second kappa shape index (κ2) is 7.58. The molecule has 0 aliphatic heterocycles. The molecule has 1 atom stereocenters. The van der Waals surface area contributed by atoms with E-state index in [2.05, 4.69) is 10.4 Å². The van der Waals surface area contributed by atoms with Crippen molar-refractivity contribution in [3.63, 3.8) is 0 Å². The molecule has 0 radical (unpaired) electrons. The number of rotatable bonds is 4. The Balaban J connectivity index is 1.94. The Morgan fingerprint density at radius 3 is 2.48 bits per heavy atom. The summed E-state index contributed by atoms with van der Waals surface area (Å²) in [5.74, 6) is -0.281. The minimum Gasteiger partial charge on any atom is -0.324 e. The van der Waals surface area contributed by atoms with Gasteiger partial charge in [0.15, 0.2) is 0 Å². The molecule has 0 spiro atoms. The lowest BCUT2D eigenvalue weighted by Gasteiger charge is -2.16. The van der Waals surface area contributed by atoms with E-state index < -0.39 is 6.04 Å². The number of benzene rings is 2. The molecule has 0 fully saturated rings. The van der Waals surface area contributed by atoms with Crippen LogP contribution in [0, 0.1) is 20.8 Å². The van der Waals surface area contributed by atoms with Gasteiger partial charge in [-0.2, -0.15) is 5.10 Å². The Hall–Kier alpha value is -3.21. The highest BCUT2D eigenvalue weighted by Crippen LogP contribution is 2.22. The Labute approximate surface area is 158 Å². The van der Waals surface area contributed by atoms with Gasteiger partial charge in [-0.05, 0) is 57.0 Å². The Bertz CT molecular complexity index is 1050. The van der Waals surface area contributed by atoms with Crippen LogP contribution >= 0.6 is 0 Å². The fraction of sp³-hybridized carbons (Fsp3) is 0.227. The standard InChI is InChI=1S/C22H23N3O2/c1-14-9-10-15(2)18(13-14)20-11-12-21(26)25(24-20)17(4)22(27)23-19-8-6-5-7-16(19)3/h5-13,17H,1-4H3,(H,23,27). The highest BCUT2D eigenvalue weighted by atomic mass is 16.2. The minimum absolute atomic E-state index is 0.281. The summed E-state index contributed by atoms with van der Waals surface area (Å²) in [7, 11) is 0. The van der Waals surface area contributed by atoms with Gasteiger partial charge in [0.05, 0.1) is 5.69 Å². The summed E-state index contributed by atoms with van der Waals surface area (Å²) >= 11 is 0. The van der Waals surface area contributed by atoms with Crippen molar-refractivity contribution in [2.24, 2.45) is 0 Å². The number of aryl methyl sites for hydroxylation is 3. The van der Waals surface area contributed by atoms with Crippen molar-refractivity contribution >= 4 is 11.6 Å². The average Bonchev–Trinajstić information content (AvgIpc) is 2.65. The van der Waals surface area contributed by atoms with E-state index in [0.717, 1.165) is 27.9 Å². The molecule has 1 unspecified atom stereocenters. The van der Waals surface area contributed by atoms with Gasteiger partial charge in [0.25, 0.3) is 5.56 Å². The van der Waals surface area contributed by atoms with E-state index in [4.69, 9.17) is 0 Å². The fourth-order valence-corrected chi connectivity index (χ4v) is 2.92. The monoisotopic (exact) mass is 361 g/mol. The van der Waals surface area contributed by atoms with Gasteiger partial charge >= 0.3 is 0 Å². The number of para-hydroxylation sites is 1. The zero-order valence-corrected chi connectivity index (χ0v) is 16.0. The summed E-state index contributed by atoms with van der Waals surface area (Å²) in [5, 5.41) is 7.35. The SMILES string of the molecule is Cc1ccc(C)c(-c2ccc(=O)n(C(C)C(=O)Nc3ccccc3C)n2)c1. The van der Waals surface area contributed by atoms with Gasteiger partial charge in [-0.3, -0.25) is 9.59 Å². The van der Waals surface area contributed by atoms with Crippen molar-refractivity contribution < 1.29 is 4.79 Å². The van der Waals surface area contributed by atoms with Crippen LogP contribution in [0.2, 0.25) is 0 Å². The number of carbonyl (C=O) groups is 1. The Morgan fingerprint density at radius 2 is 1.74 bits per heavy atom. The van der Waals surface area contributed by atoms with Crippen LogP contribution in [0.25, 0.3) is 11.3 Å². The highest BCUT2D eigenvalue weighted by molar-refractivity contribution is 5.94. The molecule has 27 heavy (non-hydrogen) atoms. The molecule has 3 aromatic rings. The summed E-state index contributed by atoms with van der Waals surface area (Å²) in [6.07, 6.45) is 0. The Morgan fingerprint density at radius 1 is 1.00 bits per heavy atom. The van der Waals surface area contributed by atoms with Crippen LogP contribution in [0.3, 0.4) is 0 Å². The predicted octanol–water partition coefficient (Wildman–Crippen LogP) is 4.04. The molecule has 5 nitrogen and oxygen atoms in total. The molecule has 0 aliphatic rings. The summed E-state index contributed by atoms with van der Waals surface area (Å²) in [6, 6.07) is 16.0. The van der Waals surface area contributed by atoms with Crippen LogP contribution in [0.1, 0.15) is 29.7 Å². The summed E-state index contributed by atoms with van der Waals surface area (Å²) in [4.78, 5) is 25.0. The van der Waals surface area contributed by atoms with Crippen molar-refractivity contribution in [1.29, 1.82) is 0 Å². The normalized spacial score (nSPS) is 11.9. The first-order valence-corrected chi connectivity index (χ1v) is 8.91. The van der Waals surface area contributed by atoms with E-state index in [9.17, 15) is 9.59 Å². The Kier molecular flexibility index (Phi) is 5.21. The second-order valence-electron chi connectivity index (χ2n) is 6.80. The van der Waals surface area contributed by atoms with E-state index in [0.29, 0.717) is 5.69 Å². The number of hydrogen-bond acceptors (Lipinski definition) is 3. The van der Waals surface area contributed by atoms with Crippen LogP contribution < -0.4 is 10.9 Å². The van der Waals surface area contributed by atoms with Gasteiger partial charge in [0.1, 0.15) is 6.04 Å². The lowest BCUT2D eigenvalue weighted by Crippen LogP contribution is -2.33. The molecule has 138 valence electrons. The lowest BCUT2D eigenvalue weighted by molar-refractivity contribution is -0.119. The highest BCUT2D eigenvalue weighted by Gasteiger charge is 2.19. The van der Waals surface area contributed by atoms with E-state index in [1.54, 1.807) is 13.0 Å². The van der Waals surface area contributed by atoms with Crippen LogP contribution in [-0.2, 0) is 4.79 Å². The number of anilines is 1. The molecule has 1 amide bonds. The van der Waals surface area contributed by atoms with Gasteiger partial charge in [0.2, 0.25) is 5.91 Å². The molecule has 0 bridgehead atoms. The van der Waals surface area contributed by atoms with Gasteiger partial charge in [-0.1, -0.05) is 35.9 Å². The lowest BCUT2D eigenvalue weighted by atomic mass is 10.0. The third kappa shape index (κ3) is 3.97. The number of aromatic nitrogens is 2. The number of nitrogens with zero attached hydrogens (tertiary/aromatic N) is 2. The quantitative estimate of drug-likeness (QED) is 0.763. The van der Waals surface area contributed by atoms with E-state index >= 15 is 0 Å². The molecule has 1 heterocycles. The van der Waals surface area contributed by atoms with Crippen molar-refractivity contribution in [2.75, 3.05) is 5.32 Å². The van der Waals surface area contributed by atoms with Gasteiger partial charge < -0.3 is 5.32 Å². The predicted molar refractivity (Wildman–Crippen MR) is 108 cm³/mol. The first-order valence-electron chi connectivity index (χ1n) is 8.91. The van der Waals surface area contributed by atoms with Crippen LogP contribution in [-0.4, -0.2) is 15.7 Å². The molecule has 1 N–H and O–H groups in total. The first kappa shape index (κ1) is 18.6. The summed E-state index contributed by atoms with van der Waals surface area (Å²) in [5.41, 5.74) is 5.18. The maximum absolute atomic E-state index is 12.7. The maximum Gasteiger partial charge on any atom is 0.267 e. The largest absolute Gasteiger partial charge is 0.324 e. The average molecular weight is 361 g/mol.